The molecule has 2 aromatic carbocycles. The molecule has 1 aromatic heterocycles. The number of hydrogen-bond acceptors (Lipinski definition) is 6. The predicted molar refractivity (Wildman–Crippen MR) is 150 cm³/mol. The number of anilines is 1. The molecule has 1 N–H and O–H groups in total. The van der Waals surface area contributed by atoms with E-state index in [0.29, 0.717) is 5.56 Å². The number of aromatic nitrogens is 1. The maximum Gasteiger partial charge on any atom is 0.410 e. The molecule has 1 aliphatic rings. The molecule has 0 aliphatic carbocycles. The van der Waals surface area contributed by atoms with Crippen LogP contribution in [0.2, 0.25) is 0 Å². The lowest BCUT2D eigenvalue weighted by atomic mass is 10.1. The summed E-state index contributed by atoms with van der Waals surface area (Å²) in [6.07, 6.45) is -0.543. The minimum Gasteiger partial charge on any atom is -0.444 e. The van der Waals surface area contributed by atoms with Crippen LogP contribution in [0.4, 0.5) is 19.3 Å². The molecule has 0 saturated carbocycles. The van der Waals surface area contributed by atoms with Crippen LogP contribution in [0.25, 0.3) is 11.3 Å². The maximum absolute atomic E-state index is 14.9. The van der Waals surface area contributed by atoms with Crippen LogP contribution in [0.15, 0.2) is 65.7 Å². The van der Waals surface area contributed by atoms with Gasteiger partial charge in [-0.15, -0.1) is 0 Å². The third-order valence-corrected chi connectivity index (χ3v) is 9.36. The van der Waals surface area contributed by atoms with Gasteiger partial charge in [-0.1, -0.05) is 18.2 Å². The third-order valence-electron chi connectivity index (χ3n) is 6.19. The number of ether oxygens (including phenoxy) is 1. The first-order valence-corrected chi connectivity index (χ1v) is 15.6. The van der Waals surface area contributed by atoms with E-state index in [0.717, 1.165) is 14.3 Å². The number of hydrogen-bond donors (Lipinski definition) is 1. The molecule has 1 atom stereocenters. The van der Waals surface area contributed by atoms with Crippen molar-refractivity contribution in [2.75, 3.05) is 24.9 Å². The molecule has 4 rings (SSSR count). The zero-order chi connectivity index (χ0) is 30.2. The highest BCUT2D eigenvalue weighted by molar-refractivity contribution is 7.90. The molecular weight excluding hydrogens is 578 g/mol. The van der Waals surface area contributed by atoms with Crippen LogP contribution in [0.1, 0.15) is 32.8 Å². The zero-order valence-electron chi connectivity index (χ0n) is 23.0. The molecule has 1 fully saturated rings. The van der Waals surface area contributed by atoms with Gasteiger partial charge in [0.25, 0.3) is 10.0 Å². The smallest absolute Gasteiger partial charge is 0.410 e. The predicted octanol–water partition coefficient (Wildman–Crippen LogP) is 4.60. The SMILES string of the molecule is CN(Cc1cc(-c2ccccc2F)n(S(=O)(=O)c2cccc(NS(=O)(=O)N3CC[C@H](F)C3)c2)c1)C(=O)OC(C)(C)C. The Hall–Kier alpha value is -3.49. The van der Waals surface area contributed by atoms with E-state index >= 15 is 0 Å². The summed E-state index contributed by atoms with van der Waals surface area (Å²) in [6.45, 7) is 4.83. The number of halogens is 2. The van der Waals surface area contributed by atoms with Crippen molar-refractivity contribution in [2.45, 2.75) is 50.4 Å². The molecule has 41 heavy (non-hydrogen) atoms. The molecule has 0 bridgehead atoms. The van der Waals surface area contributed by atoms with Crippen LogP contribution in [0, 0.1) is 5.82 Å². The number of alkyl halides is 1. The van der Waals surface area contributed by atoms with Gasteiger partial charge in [0.1, 0.15) is 17.6 Å². The lowest BCUT2D eigenvalue weighted by Gasteiger charge is -2.24. The average Bonchev–Trinajstić information content (AvgIpc) is 3.50. The Labute approximate surface area is 238 Å². The van der Waals surface area contributed by atoms with Gasteiger partial charge in [0.15, 0.2) is 0 Å². The monoisotopic (exact) mass is 610 g/mol. The van der Waals surface area contributed by atoms with Gasteiger partial charge in [-0.25, -0.2) is 26.0 Å². The number of carbonyl (C=O) groups is 1. The second kappa shape index (κ2) is 11.4. The summed E-state index contributed by atoms with van der Waals surface area (Å²) in [5.41, 5.74) is -0.389. The number of nitrogens with one attached hydrogen (secondary N) is 1. The Kier molecular flexibility index (Phi) is 8.48. The van der Waals surface area contributed by atoms with Gasteiger partial charge in [-0.3, -0.25) is 4.72 Å². The van der Waals surface area contributed by atoms with Gasteiger partial charge < -0.3 is 9.64 Å². The maximum atomic E-state index is 14.9. The summed E-state index contributed by atoms with van der Waals surface area (Å²) >= 11 is 0. The van der Waals surface area contributed by atoms with Crippen molar-refractivity contribution in [3.05, 3.63) is 72.2 Å². The van der Waals surface area contributed by atoms with E-state index in [9.17, 15) is 30.4 Å². The number of benzene rings is 2. The minimum absolute atomic E-state index is 0.00434. The zero-order valence-corrected chi connectivity index (χ0v) is 24.7. The van der Waals surface area contributed by atoms with E-state index < -0.39 is 43.9 Å². The van der Waals surface area contributed by atoms with Crippen molar-refractivity contribution < 1.29 is 35.1 Å². The molecule has 14 heteroatoms. The van der Waals surface area contributed by atoms with Crippen LogP contribution in [-0.2, 0) is 31.5 Å². The summed E-state index contributed by atoms with van der Waals surface area (Å²) in [5, 5.41) is 0. The Morgan fingerprint density at radius 3 is 2.44 bits per heavy atom. The second-order valence-corrected chi connectivity index (χ2v) is 14.2. The normalized spacial score (nSPS) is 16.5. The molecule has 0 radical (unpaired) electrons. The van der Waals surface area contributed by atoms with Crippen molar-refractivity contribution in [3.8, 4) is 11.3 Å². The van der Waals surface area contributed by atoms with Gasteiger partial charge in [0, 0.05) is 31.9 Å². The van der Waals surface area contributed by atoms with E-state index in [1.54, 1.807) is 26.8 Å². The van der Waals surface area contributed by atoms with Gasteiger partial charge >= 0.3 is 16.3 Å². The summed E-state index contributed by atoms with van der Waals surface area (Å²) in [7, 11) is -7.03. The summed E-state index contributed by atoms with van der Waals surface area (Å²) in [6, 6.07) is 12.3. The number of amides is 1. The van der Waals surface area contributed by atoms with E-state index in [-0.39, 0.29) is 47.9 Å². The quantitative estimate of drug-likeness (QED) is 0.399. The van der Waals surface area contributed by atoms with E-state index in [1.165, 1.54) is 60.6 Å². The molecular formula is C27H32F2N4O6S2. The molecule has 1 saturated heterocycles. The van der Waals surface area contributed by atoms with Crippen molar-refractivity contribution >= 4 is 32.0 Å². The highest BCUT2D eigenvalue weighted by Gasteiger charge is 2.32. The first kappa shape index (κ1) is 30.5. The number of nitrogens with zero attached hydrogens (tertiary/aromatic N) is 3. The molecule has 3 aromatic rings. The lowest BCUT2D eigenvalue weighted by Crippen LogP contribution is -2.34. The molecule has 2 heterocycles. The Morgan fingerprint density at radius 1 is 1.10 bits per heavy atom. The summed E-state index contributed by atoms with van der Waals surface area (Å²) in [5.74, 6) is -0.660. The summed E-state index contributed by atoms with van der Waals surface area (Å²) < 4.78 is 91.1. The minimum atomic E-state index is -4.40. The van der Waals surface area contributed by atoms with Crippen molar-refractivity contribution in [2.24, 2.45) is 0 Å². The molecule has 1 amide bonds. The molecule has 222 valence electrons. The van der Waals surface area contributed by atoms with Crippen LogP contribution in [0.3, 0.4) is 0 Å². The number of carbonyl (C=O) groups excluding carboxylic acids is 1. The van der Waals surface area contributed by atoms with Gasteiger partial charge in [0.2, 0.25) is 0 Å². The van der Waals surface area contributed by atoms with Crippen LogP contribution >= 0.6 is 0 Å². The highest BCUT2D eigenvalue weighted by atomic mass is 32.2. The molecule has 10 nitrogen and oxygen atoms in total. The van der Waals surface area contributed by atoms with Crippen molar-refractivity contribution in [1.29, 1.82) is 0 Å². The van der Waals surface area contributed by atoms with Gasteiger partial charge in [0.05, 0.1) is 22.8 Å². The van der Waals surface area contributed by atoms with E-state index in [1.807, 2.05) is 0 Å². The van der Waals surface area contributed by atoms with Crippen LogP contribution in [0.5, 0.6) is 0 Å². The van der Waals surface area contributed by atoms with E-state index in [4.69, 9.17) is 4.74 Å². The largest absolute Gasteiger partial charge is 0.444 e. The fraction of sp³-hybridized carbons (Fsp3) is 0.370. The van der Waals surface area contributed by atoms with Crippen molar-refractivity contribution in [1.82, 2.24) is 13.2 Å². The Bertz CT molecular complexity index is 1650. The van der Waals surface area contributed by atoms with Gasteiger partial charge in [-0.05, 0) is 69.2 Å². The molecule has 0 spiro atoms. The topological polar surface area (TPSA) is 118 Å². The standard InChI is InChI=1S/C27H32F2N4O6S2/c1-27(2,3)39-26(34)31(4)16-19-14-25(23-10-5-6-11-24(23)29)33(17-19)40(35,36)22-9-7-8-21(15-22)30-41(37,38)32-13-12-20(28)18-32/h5-11,14-15,17,20,30H,12-13,16,18H2,1-4H3/t20-/m0/s1. The van der Waals surface area contributed by atoms with Crippen molar-refractivity contribution in [3.63, 3.8) is 0 Å². The van der Waals surface area contributed by atoms with E-state index in [2.05, 4.69) is 4.72 Å². The lowest BCUT2D eigenvalue weighted by molar-refractivity contribution is 0.0285. The highest BCUT2D eigenvalue weighted by Crippen LogP contribution is 2.31. The van der Waals surface area contributed by atoms with Crippen LogP contribution in [-0.4, -0.2) is 68.0 Å². The number of rotatable bonds is 8. The van der Waals surface area contributed by atoms with Crippen LogP contribution < -0.4 is 4.72 Å². The summed E-state index contributed by atoms with van der Waals surface area (Å²) in [4.78, 5) is 13.5. The fourth-order valence-electron chi connectivity index (χ4n) is 4.28. The van der Waals surface area contributed by atoms with Gasteiger partial charge in [-0.2, -0.15) is 12.7 Å². The Balaban J connectivity index is 1.71. The third kappa shape index (κ3) is 7.05. The molecule has 0 unspecified atom stereocenters. The fourth-order valence-corrected chi connectivity index (χ4v) is 6.97. The average molecular weight is 611 g/mol. The second-order valence-electron chi connectivity index (χ2n) is 10.7. The first-order valence-electron chi connectivity index (χ1n) is 12.7. The molecule has 1 aliphatic heterocycles. The Morgan fingerprint density at radius 2 is 1.80 bits per heavy atom. The first-order chi connectivity index (χ1) is 19.1.